The molecule has 3 nitrogen and oxygen atoms in total. The Morgan fingerprint density at radius 1 is 1.21 bits per heavy atom. The molecule has 0 aliphatic carbocycles. The van der Waals surface area contributed by atoms with Gasteiger partial charge in [0.25, 0.3) is 0 Å². The van der Waals surface area contributed by atoms with Crippen molar-refractivity contribution in [2.24, 2.45) is 0 Å². The second-order valence-corrected chi connectivity index (χ2v) is 4.88. The first-order valence-electron chi connectivity index (χ1n) is 5.94. The quantitative estimate of drug-likeness (QED) is 0.691. The van der Waals surface area contributed by atoms with Gasteiger partial charge in [-0.15, -0.1) is 0 Å². The zero-order valence-electron chi connectivity index (χ0n) is 10.5. The standard InChI is InChI=1S/C15H14BrNO2/c1-2-19-12-7-8-13(14(16)9-12)15(18)10-3-5-11(17)6-4-10/h3-9H,2,17H2,1H3. The lowest BCUT2D eigenvalue weighted by molar-refractivity contribution is 0.103. The van der Waals surface area contributed by atoms with Crippen LogP contribution < -0.4 is 10.5 Å². The molecule has 0 saturated carbocycles. The molecule has 2 rings (SSSR count). The fraction of sp³-hybridized carbons (Fsp3) is 0.133. The molecular formula is C15H14BrNO2. The normalized spacial score (nSPS) is 10.2. The van der Waals surface area contributed by atoms with E-state index in [9.17, 15) is 4.79 Å². The number of hydrogen-bond donors (Lipinski definition) is 1. The molecular weight excluding hydrogens is 306 g/mol. The second kappa shape index (κ2) is 5.89. The third-order valence-electron chi connectivity index (χ3n) is 2.67. The van der Waals surface area contributed by atoms with E-state index in [2.05, 4.69) is 15.9 Å². The highest BCUT2D eigenvalue weighted by molar-refractivity contribution is 9.10. The lowest BCUT2D eigenvalue weighted by Crippen LogP contribution is -2.03. The first-order valence-corrected chi connectivity index (χ1v) is 6.73. The lowest BCUT2D eigenvalue weighted by atomic mass is 10.0. The number of hydrogen-bond acceptors (Lipinski definition) is 3. The van der Waals surface area contributed by atoms with Crippen LogP contribution in [0.15, 0.2) is 46.9 Å². The number of ether oxygens (including phenoxy) is 1. The van der Waals surface area contributed by atoms with Gasteiger partial charge in [-0.25, -0.2) is 0 Å². The van der Waals surface area contributed by atoms with Crippen LogP contribution in [0.3, 0.4) is 0 Å². The van der Waals surface area contributed by atoms with Gasteiger partial charge in [-0.05, 0) is 65.3 Å². The summed E-state index contributed by atoms with van der Waals surface area (Å²) in [6.07, 6.45) is 0. The zero-order chi connectivity index (χ0) is 13.8. The van der Waals surface area contributed by atoms with E-state index in [1.54, 1.807) is 42.5 Å². The van der Waals surface area contributed by atoms with Crippen molar-refractivity contribution in [3.8, 4) is 5.75 Å². The summed E-state index contributed by atoms with van der Waals surface area (Å²) < 4.78 is 6.11. The molecule has 0 fully saturated rings. The Morgan fingerprint density at radius 3 is 2.47 bits per heavy atom. The minimum Gasteiger partial charge on any atom is -0.494 e. The maximum atomic E-state index is 12.3. The molecule has 0 bridgehead atoms. The Kier molecular flexibility index (Phi) is 4.22. The SMILES string of the molecule is CCOc1ccc(C(=O)c2ccc(N)cc2)c(Br)c1. The maximum absolute atomic E-state index is 12.3. The summed E-state index contributed by atoms with van der Waals surface area (Å²) in [5.74, 6) is 0.693. The van der Waals surface area contributed by atoms with Crippen LogP contribution in [0, 0.1) is 0 Å². The van der Waals surface area contributed by atoms with Crippen LogP contribution in [0.2, 0.25) is 0 Å². The Labute approximate surface area is 120 Å². The fourth-order valence-corrected chi connectivity index (χ4v) is 2.26. The van der Waals surface area contributed by atoms with Crippen molar-refractivity contribution in [2.45, 2.75) is 6.92 Å². The van der Waals surface area contributed by atoms with Gasteiger partial charge in [-0.1, -0.05) is 0 Å². The molecule has 0 spiro atoms. The molecule has 0 amide bonds. The number of nitrogen functional groups attached to an aromatic ring is 1. The van der Waals surface area contributed by atoms with Gasteiger partial charge in [0.15, 0.2) is 5.78 Å². The summed E-state index contributed by atoms with van der Waals surface area (Å²) in [5, 5.41) is 0. The number of carbonyl (C=O) groups excluding carboxylic acids is 1. The number of nitrogens with two attached hydrogens (primary N) is 1. The molecule has 0 atom stereocenters. The van der Waals surface area contributed by atoms with Gasteiger partial charge in [0.1, 0.15) is 5.75 Å². The van der Waals surface area contributed by atoms with E-state index in [0.717, 1.165) is 10.2 Å². The van der Waals surface area contributed by atoms with Crippen molar-refractivity contribution in [1.82, 2.24) is 0 Å². The third kappa shape index (κ3) is 3.15. The highest BCUT2D eigenvalue weighted by Crippen LogP contribution is 2.25. The highest BCUT2D eigenvalue weighted by atomic mass is 79.9. The van der Waals surface area contributed by atoms with Crippen LogP contribution in [0.5, 0.6) is 5.75 Å². The number of halogens is 1. The average molecular weight is 320 g/mol. The summed E-state index contributed by atoms with van der Waals surface area (Å²) in [6.45, 7) is 2.51. The van der Waals surface area contributed by atoms with E-state index in [1.807, 2.05) is 6.92 Å². The van der Waals surface area contributed by atoms with E-state index in [0.29, 0.717) is 23.4 Å². The number of carbonyl (C=O) groups is 1. The smallest absolute Gasteiger partial charge is 0.194 e. The maximum Gasteiger partial charge on any atom is 0.194 e. The van der Waals surface area contributed by atoms with Gasteiger partial charge in [0, 0.05) is 21.3 Å². The van der Waals surface area contributed by atoms with Gasteiger partial charge >= 0.3 is 0 Å². The molecule has 0 aliphatic heterocycles. The predicted molar refractivity (Wildman–Crippen MR) is 79.6 cm³/mol. The third-order valence-corrected chi connectivity index (χ3v) is 3.33. The molecule has 98 valence electrons. The summed E-state index contributed by atoms with van der Waals surface area (Å²) in [7, 11) is 0. The molecule has 19 heavy (non-hydrogen) atoms. The van der Waals surface area contributed by atoms with Crippen LogP contribution in [0.1, 0.15) is 22.8 Å². The summed E-state index contributed by atoms with van der Waals surface area (Å²) in [5.41, 5.74) is 7.47. The van der Waals surface area contributed by atoms with Crippen molar-refractivity contribution in [2.75, 3.05) is 12.3 Å². The molecule has 0 unspecified atom stereocenters. The van der Waals surface area contributed by atoms with Crippen molar-refractivity contribution < 1.29 is 9.53 Å². The first kappa shape index (κ1) is 13.6. The van der Waals surface area contributed by atoms with Gasteiger partial charge in [0.2, 0.25) is 0 Å². The lowest BCUT2D eigenvalue weighted by Gasteiger charge is -2.07. The molecule has 2 N–H and O–H groups in total. The fourth-order valence-electron chi connectivity index (χ4n) is 1.73. The minimum atomic E-state index is -0.0464. The van der Waals surface area contributed by atoms with E-state index >= 15 is 0 Å². The molecule has 0 aromatic heterocycles. The van der Waals surface area contributed by atoms with Crippen molar-refractivity contribution in [3.63, 3.8) is 0 Å². The highest BCUT2D eigenvalue weighted by Gasteiger charge is 2.13. The van der Waals surface area contributed by atoms with E-state index < -0.39 is 0 Å². The molecule has 0 aliphatic rings. The van der Waals surface area contributed by atoms with Crippen LogP contribution in [-0.2, 0) is 0 Å². The summed E-state index contributed by atoms with van der Waals surface area (Å²) >= 11 is 3.40. The van der Waals surface area contributed by atoms with E-state index in [4.69, 9.17) is 10.5 Å². The molecule has 2 aromatic rings. The number of anilines is 1. The van der Waals surface area contributed by atoms with Crippen LogP contribution in [0.25, 0.3) is 0 Å². The van der Waals surface area contributed by atoms with Gasteiger partial charge < -0.3 is 10.5 Å². The van der Waals surface area contributed by atoms with E-state index in [-0.39, 0.29) is 5.78 Å². The van der Waals surface area contributed by atoms with Crippen LogP contribution >= 0.6 is 15.9 Å². The van der Waals surface area contributed by atoms with Crippen molar-refractivity contribution in [1.29, 1.82) is 0 Å². The van der Waals surface area contributed by atoms with E-state index in [1.165, 1.54) is 0 Å². The van der Waals surface area contributed by atoms with Crippen LogP contribution in [0.4, 0.5) is 5.69 Å². The summed E-state index contributed by atoms with van der Waals surface area (Å²) in [6, 6.07) is 12.2. The van der Waals surface area contributed by atoms with Crippen LogP contribution in [-0.4, -0.2) is 12.4 Å². The Balaban J connectivity index is 2.31. The molecule has 0 heterocycles. The van der Waals surface area contributed by atoms with Gasteiger partial charge in [-0.2, -0.15) is 0 Å². The Morgan fingerprint density at radius 2 is 1.89 bits per heavy atom. The number of rotatable bonds is 4. The van der Waals surface area contributed by atoms with Crippen molar-refractivity contribution >= 4 is 27.4 Å². The topological polar surface area (TPSA) is 52.3 Å². The van der Waals surface area contributed by atoms with Gasteiger partial charge in [0.05, 0.1) is 6.61 Å². The molecule has 4 heteroatoms. The predicted octanol–water partition coefficient (Wildman–Crippen LogP) is 3.66. The zero-order valence-corrected chi connectivity index (χ0v) is 12.1. The Hall–Kier alpha value is -1.81. The monoisotopic (exact) mass is 319 g/mol. The molecule has 2 aromatic carbocycles. The number of benzene rings is 2. The summed E-state index contributed by atoms with van der Waals surface area (Å²) in [4.78, 5) is 12.3. The second-order valence-electron chi connectivity index (χ2n) is 4.03. The molecule has 0 saturated heterocycles. The molecule has 0 radical (unpaired) electrons. The average Bonchev–Trinajstić information content (AvgIpc) is 2.39. The van der Waals surface area contributed by atoms with Crippen molar-refractivity contribution in [3.05, 3.63) is 58.1 Å². The minimum absolute atomic E-state index is 0.0464. The first-order chi connectivity index (χ1) is 9.11. The number of ketones is 1. The Bertz CT molecular complexity index is 594. The largest absolute Gasteiger partial charge is 0.494 e. The van der Waals surface area contributed by atoms with Gasteiger partial charge in [-0.3, -0.25) is 4.79 Å².